The van der Waals surface area contributed by atoms with Crippen molar-refractivity contribution in [3.05, 3.63) is 63.1 Å². The largest absolute Gasteiger partial charge is 0.507 e. The van der Waals surface area contributed by atoms with E-state index in [0.29, 0.717) is 16.5 Å². The Morgan fingerprint density at radius 1 is 1.17 bits per heavy atom. The molecule has 0 atom stereocenters. The molecule has 2 aromatic carbocycles. The number of hydrogen-bond acceptors (Lipinski definition) is 2. The minimum absolute atomic E-state index is 0.0773. The Morgan fingerprint density at radius 3 is 2.44 bits per heavy atom. The van der Waals surface area contributed by atoms with E-state index in [1.165, 1.54) is 6.07 Å². The first-order valence-corrected chi connectivity index (χ1v) is 5.94. The molecule has 0 saturated heterocycles. The Labute approximate surface area is 115 Å². The van der Waals surface area contributed by atoms with Gasteiger partial charge in [-0.3, -0.25) is 0 Å². The lowest BCUT2D eigenvalue weighted by Crippen LogP contribution is -1.92. The van der Waals surface area contributed by atoms with Gasteiger partial charge in [0.2, 0.25) is 0 Å². The van der Waals surface area contributed by atoms with Crippen LogP contribution in [0.4, 0.5) is 0 Å². The van der Waals surface area contributed by atoms with E-state index < -0.39 is 0 Å². The second kappa shape index (κ2) is 5.30. The summed E-state index contributed by atoms with van der Waals surface area (Å²) in [6.07, 6.45) is 0.466. The number of nitrogens with zero attached hydrogens (tertiary/aromatic N) is 1. The lowest BCUT2D eigenvalue weighted by Gasteiger charge is -2.07. The van der Waals surface area contributed by atoms with Gasteiger partial charge in [0.15, 0.2) is 0 Å². The molecule has 0 aliphatic heterocycles. The summed E-state index contributed by atoms with van der Waals surface area (Å²) < 4.78 is 0. The zero-order chi connectivity index (χ0) is 13.1. The first kappa shape index (κ1) is 12.8. The average Bonchev–Trinajstić information content (AvgIpc) is 2.36. The van der Waals surface area contributed by atoms with E-state index in [1.54, 1.807) is 24.3 Å². The number of nitriles is 1. The molecule has 0 fully saturated rings. The minimum Gasteiger partial charge on any atom is -0.507 e. The monoisotopic (exact) mass is 276 g/mol. The first-order valence-electron chi connectivity index (χ1n) is 5.19. The van der Waals surface area contributed by atoms with Crippen molar-refractivity contribution in [3.63, 3.8) is 0 Å². The van der Waals surface area contributed by atoms with Crippen LogP contribution >= 0.6 is 23.2 Å². The van der Waals surface area contributed by atoms with Crippen LogP contribution in [0.2, 0.25) is 10.0 Å². The third-order valence-corrected chi connectivity index (χ3v) is 3.23. The highest BCUT2D eigenvalue weighted by molar-refractivity contribution is 6.36. The standard InChI is InChI=1S/C14H8Cl2NO/c15-12-2-1-3-13(16)11(12)7-9-4-5-14(18)10(6-9)8-17/h1-5,18H,7H2. The average molecular weight is 277 g/mol. The van der Waals surface area contributed by atoms with Gasteiger partial charge in [0, 0.05) is 22.5 Å². The Hall–Kier alpha value is -1.69. The number of phenols is 1. The van der Waals surface area contributed by atoms with Crippen molar-refractivity contribution in [1.82, 2.24) is 0 Å². The SMILES string of the molecule is N#Cc1[c]c(Cc2c(Cl)cccc2Cl)ccc1O. The van der Waals surface area contributed by atoms with Crippen LogP contribution in [0.3, 0.4) is 0 Å². The minimum atomic E-state index is -0.0773. The number of phenolic OH excluding ortho intramolecular Hbond substituents is 1. The molecule has 0 saturated carbocycles. The molecular formula is C14H8Cl2NO. The second-order valence-corrected chi connectivity index (χ2v) is 4.55. The normalized spacial score (nSPS) is 10.1. The zero-order valence-electron chi connectivity index (χ0n) is 9.24. The van der Waals surface area contributed by atoms with Crippen molar-refractivity contribution in [2.45, 2.75) is 6.42 Å². The third kappa shape index (κ3) is 2.59. The summed E-state index contributed by atoms with van der Waals surface area (Å²) in [6, 6.07) is 13.2. The van der Waals surface area contributed by atoms with Gasteiger partial charge in [-0.05, 0) is 29.3 Å². The Morgan fingerprint density at radius 2 is 1.83 bits per heavy atom. The van der Waals surface area contributed by atoms with Crippen LogP contribution in [0, 0.1) is 17.4 Å². The van der Waals surface area contributed by atoms with Crippen LogP contribution < -0.4 is 0 Å². The van der Waals surface area contributed by atoms with E-state index in [-0.39, 0.29) is 11.3 Å². The van der Waals surface area contributed by atoms with Crippen molar-refractivity contribution >= 4 is 23.2 Å². The van der Waals surface area contributed by atoms with Gasteiger partial charge in [-0.1, -0.05) is 35.3 Å². The van der Waals surface area contributed by atoms with Crippen molar-refractivity contribution in [3.8, 4) is 11.8 Å². The maximum atomic E-state index is 9.40. The Bertz CT molecular complexity index is 612. The molecule has 0 bridgehead atoms. The molecule has 0 amide bonds. The van der Waals surface area contributed by atoms with E-state index >= 15 is 0 Å². The number of benzene rings is 2. The summed E-state index contributed by atoms with van der Waals surface area (Å²) in [6.45, 7) is 0. The van der Waals surface area contributed by atoms with Crippen LogP contribution in [0.5, 0.6) is 5.75 Å². The van der Waals surface area contributed by atoms with E-state index in [4.69, 9.17) is 28.5 Å². The smallest absolute Gasteiger partial charge is 0.133 e. The molecule has 0 unspecified atom stereocenters. The quantitative estimate of drug-likeness (QED) is 0.902. The molecule has 0 aliphatic carbocycles. The molecule has 0 spiro atoms. The summed E-state index contributed by atoms with van der Waals surface area (Å²) >= 11 is 12.1. The zero-order valence-corrected chi connectivity index (χ0v) is 10.8. The fourth-order valence-electron chi connectivity index (χ4n) is 1.61. The van der Waals surface area contributed by atoms with Crippen LogP contribution in [0.1, 0.15) is 16.7 Å². The van der Waals surface area contributed by atoms with Gasteiger partial charge in [-0.2, -0.15) is 5.26 Å². The van der Waals surface area contributed by atoms with E-state index in [9.17, 15) is 5.11 Å². The maximum absolute atomic E-state index is 9.40. The third-order valence-electron chi connectivity index (χ3n) is 2.52. The highest BCUT2D eigenvalue weighted by atomic mass is 35.5. The summed E-state index contributed by atoms with van der Waals surface area (Å²) in [7, 11) is 0. The van der Waals surface area contributed by atoms with Crippen LogP contribution in [-0.4, -0.2) is 5.11 Å². The molecule has 2 rings (SSSR count). The van der Waals surface area contributed by atoms with E-state index in [1.807, 2.05) is 6.07 Å². The van der Waals surface area contributed by atoms with Gasteiger partial charge >= 0.3 is 0 Å². The van der Waals surface area contributed by atoms with Gasteiger partial charge in [0.1, 0.15) is 17.4 Å². The summed E-state index contributed by atoms with van der Waals surface area (Å²) in [5.41, 5.74) is 1.65. The number of hydrogen-bond donors (Lipinski definition) is 1. The predicted octanol–water partition coefficient (Wildman–Crippen LogP) is 3.96. The van der Waals surface area contributed by atoms with Crippen molar-refractivity contribution < 1.29 is 5.11 Å². The molecular weight excluding hydrogens is 269 g/mol. The van der Waals surface area contributed by atoms with Gasteiger partial charge in [0.25, 0.3) is 0 Å². The van der Waals surface area contributed by atoms with Crippen molar-refractivity contribution in [1.29, 1.82) is 5.26 Å². The van der Waals surface area contributed by atoms with Crippen molar-refractivity contribution in [2.75, 3.05) is 0 Å². The molecule has 4 heteroatoms. The predicted molar refractivity (Wildman–Crippen MR) is 70.9 cm³/mol. The van der Waals surface area contributed by atoms with Crippen molar-refractivity contribution in [2.24, 2.45) is 0 Å². The van der Waals surface area contributed by atoms with Crippen LogP contribution in [0.15, 0.2) is 30.3 Å². The Balaban J connectivity index is 2.38. The molecule has 2 aromatic rings. The fourth-order valence-corrected chi connectivity index (χ4v) is 2.14. The molecule has 0 aromatic heterocycles. The lowest BCUT2D eigenvalue weighted by atomic mass is 10.0. The van der Waals surface area contributed by atoms with Crippen LogP contribution in [-0.2, 0) is 6.42 Å². The second-order valence-electron chi connectivity index (χ2n) is 3.73. The Kier molecular flexibility index (Phi) is 3.76. The van der Waals surface area contributed by atoms with E-state index in [0.717, 1.165) is 11.1 Å². The number of halogens is 2. The van der Waals surface area contributed by atoms with E-state index in [2.05, 4.69) is 6.07 Å². The fraction of sp³-hybridized carbons (Fsp3) is 0.0714. The van der Waals surface area contributed by atoms with Gasteiger partial charge in [-0.15, -0.1) is 0 Å². The topological polar surface area (TPSA) is 44.0 Å². The highest BCUT2D eigenvalue weighted by Crippen LogP contribution is 2.27. The summed E-state index contributed by atoms with van der Waals surface area (Å²) in [5, 5.41) is 19.4. The molecule has 1 radical (unpaired) electrons. The number of rotatable bonds is 2. The first-order chi connectivity index (χ1) is 8.61. The molecule has 89 valence electrons. The van der Waals surface area contributed by atoms with Crippen LogP contribution in [0.25, 0.3) is 0 Å². The van der Waals surface area contributed by atoms with Gasteiger partial charge in [0.05, 0.1) is 0 Å². The molecule has 18 heavy (non-hydrogen) atoms. The molecule has 0 aliphatic rings. The molecule has 1 N–H and O–H groups in total. The summed E-state index contributed by atoms with van der Waals surface area (Å²) in [4.78, 5) is 0. The van der Waals surface area contributed by atoms with Gasteiger partial charge in [-0.25, -0.2) is 0 Å². The molecule has 0 heterocycles. The maximum Gasteiger partial charge on any atom is 0.133 e. The lowest BCUT2D eigenvalue weighted by molar-refractivity contribution is 0.473. The molecule has 2 nitrogen and oxygen atoms in total. The highest BCUT2D eigenvalue weighted by Gasteiger charge is 2.08. The van der Waals surface area contributed by atoms with Gasteiger partial charge < -0.3 is 5.11 Å². The summed E-state index contributed by atoms with van der Waals surface area (Å²) in [5.74, 6) is -0.0773. The number of aromatic hydroxyl groups is 1.